The number of carbonyl (C=O) groups excluding carboxylic acids is 2. The van der Waals surface area contributed by atoms with Crippen LogP contribution in [0.4, 0.5) is 0 Å². The van der Waals surface area contributed by atoms with Crippen molar-refractivity contribution < 1.29 is 19.1 Å². The summed E-state index contributed by atoms with van der Waals surface area (Å²) < 4.78 is 11.4. The number of rotatable bonds is 5. The van der Waals surface area contributed by atoms with Crippen molar-refractivity contribution in [1.29, 1.82) is 0 Å². The molecular formula is C29H30N2O4. The highest BCUT2D eigenvalue weighted by atomic mass is 16.6. The van der Waals surface area contributed by atoms with E-state index in [2.05, 4.69) is 5.32 Å². The number of benzene rings is 3. The standard InChI is InChI=1S/C29H30N2O4/c32-28(30-27(20-10-11-20)21-12-13-25-26(17-21)35-16-15-34-25)22-7-4-14-31(18-22)29(33)24-9-3-6-19-5-1-2-8-23(19)24/h1-3,5-6,8-9,12-13,17,20,22,27H,4,7,10-11,14-16,18H2,(H,30,32). The molecule has 2 heterocycles. The Morgan fingerprint density at radius 2 is 1.71 bits per heavy atom. The zero-order valence-corrected chi connectivity index (χ0v) is 19.7. The molecule has 2 fully saturated rings. The van der Waals surface area contributed by atoms with Gasteiger partial charge in [0.15, 0.2) is 11.5 Å². The Kier molecular flexibility index (Phi) is 5.80. The van der Waals surface area contributed by atoms with Crippen molar-refractivity contribution in [2.45, 2.75) is 31.7 Å². The first-order valence-corrected chi connectivity index (χ1v) is 12.6. The van der Waals surface area contributed by atoms with Gasteiger partial charge in [-0.1, -0.05) is 42.5 Å². The second-order valence-electron chi connectivity index (χ2n) is 9.84. The fourth-order valence-electron chi connectivity index (χ4n) is 5.39. The van der Waals surface area contributed by atoms with Gasteiger partial charge in [0.25, 0.3) is 5.91 Å². The Morgan fingerprint density at radius 3 is 2.57 bits per heavy atom. The van der Waals surface area contributed by atoms with Crippen LogP contribution in [0, 0.1) is 11.8 Å². The molecule has 0 aromatic heterocycles. The lowest BCUT2D eigenvalue weighted by molar-refractivity contribution is -0.127. The number of ether oxygens (including phenoxy) is 2. The zero-order valence-electron chi connectivity index (χ0n) is 19.7. The van der Waals surface area contributed by atoms with Crippen molar-refractivity contribution in [1.82, 2.24) is 10.2 Å². The number of nitrogens with zero attached hydrogens (tertiary/aromatic N) is 1. The van der Waals surface area contributed by atoms with E-state index in [4.69, 9.17) is 9.47 Å². The van der Waals surface area contributed by atoms with Gasteiger partial charge in [0.1, 0.15) is 13.2 Å². The molecule has 6 nitrogen and oxygen atoms in total. The molecule has 180 valence electrons. The van der Waals surface area contributed by atoms with E-state index in [9.17, 15) is 9.59 Å². The quantitative estimate of drug-likeness (QED) is 0.585. The Balaban J connectivity index is 1.17. The second kappa shape index (κ2) is 9.25. The number of fused-ring (bicyclic) bond motifs is 2. The molecule has 0 radical (unpaired) electrons. The van der Waals surface area contributed by atoms with E-state index in [1.54, 1.807) is 0 Å². The summed E-state index contributed by atoms with van der Waals surface area (Å²) >= 11 is 0. The third kappa shape index (κ3) is 4.45. The van der Waals surface area contributed by atoms with E-state index >= 15 is 0 Å². The predicted octanol–water partition coefficient (Wildman–Crippen LogP) is 4.73. The highest BCUT2D eigenvalue weighted by molar-refractivity contribution is 6.07. The largest absolute Gasteiger partial charge is 0.486 e. The predicted molar refractivity (Wildman–Crippen MR) is 134 cm³/mol. The molecule has 2 atom stereocenters. The molecule has 3 aromatic carbocycles. The minimum absolute atomic E-state index is 0.00452. The van der Waals surface area contributed by atoms with Crippen LogP contribution < -0.4 is 14.8 Å². The molecule has 2 aliphatic heterocycles. The van der Waals surface area contributed by atoms with Gasteiger partial charge in [0.05, 0.1) is 12.0 Å². The van der Waals surface area contributed by atoms with Crippen molar-refractivity contribution in [3.05, 3.63) is 71.8 Å². The summed E-state index contributed by atoms with van der Waals surface area (Å²) in [6, 6.07) is 19.7. The molecule has 3 aliphatic rings. The van der Waals surface area contributed by atoms with Crippen molar-refractivity contribution >= 4 is 22.6 Å². The monoisotopic (exact) mass is 470 g/mol. The molecule has 6 rings (SSSR count). The first-order chi connectivity index (χ1) is 17.2. The summed E-state index contributed by atoms with van der Waals surface area (Å²) in [6.45, 7) is 2.23. The lowest BCUT2D eigenvalue weighted by Crippen LogP contribution is -2.46. The first kappa shape index (κ1) is 22.0. The number of piperidine rings is 1. The summed E-state index contributed by atoms with van der Waals surface area (Å²) in [5, 5.41) is 5.34. The van der Waals surface area contributed by atoms with Gasteiger partial charge in [-0.3, -0.25) is 9.59 Å². The Labute approximate surface area is 205 Å². The van der Waals surface area contributed by atoms with Gasteiger partial charge in [-0.2, -0.15) is 0 Å². The Morgan fingerprint density at radius 1 is 0.914 bits per heavy atom. The molecule has 1 saturated carbocycles. The average Bonchev–Trinajstić information content (AvgIpc) is 3.76. The highest BCUT2D eigenvalue weighted by Gasteiger charge is 2.37. The zero-order chi connectivity index (χ0) is 23.8. The number of nitrogens with one attached hydrogen (secondary N) is 1. The molecule has 6 heteroatoms. The number of hydrogen-bond donors (Lipinski definition) is 1. The molecule has 2 amide bonds. The van der Waals surface area contributed by atoms with E-state index in [0.29, 0.717) is 37.8 Å². The number of hydrogen-bond acceptors (Lipinski definition) is 4. The number of carbonyl (C=O) groups is 2. The smallest absolute Gasteiger partial charge is 0.254 e. The van der Waals surface area contributed by atoms with Gasteiger partial charge in [-0.15, -0.1) is 0 Å². The fourth-order valence-corrected chi connectivity index (χ4v) is 5.39. The molecule has 1 aliphatic carbocycles. The van der Waals surface area contributed by atoms with Crippen molar-refractivity contribution in [2.24, 2.45) is 11.8 Å². The van der Waals surface area contributed by atoms with Crippen LogP contribution >= 0.6 is 0 Å². The van der Waals surface area contributed by atoms with Crippen LogP contribution in [0.3, 0.4) is 0 Å². The van der Waals surface area contributed by atoms with Crippen LogP contribution in [0.15, 0.2) is 60.7 Å². The normalized spacial score (nSPS) is 20.3. The average molecular weight is 471 g/mol. The Hall–Kier alpha value is -3.54. The SMILES string of the molecule is O=C(NC(c1ccc2c(c1)OCCO2)C1CC1)C1CCCN(C(=O)c2cccc3ccccc23)C1. The van der Waals surface area contributed by atoms with Gasteiger partial charge >= 0.3 is 0 Å². The van der Waals surface area contributed by atoms with E-state index in [1.165, 1.54) is 0 Å². The molecule has 1 N–H and O–H groups in total. The van der Waals surface area contributed by atoms with Crippen LogP contribution in [0.25, 0.3) is 10.8 Å². The molecule has 1 saturated heterocycles. The fraction of sp³-hybridized carbons (Fsp3) is 0.379. The highest BCUT2D eigenvalue weighted by Crippen LogP contribution is 2.43. The van der Waals surface area contributed by atoms with Crippen molar-refractivity contribution in [3.63, 3.8) is 0 Å². The Bertz CT molecular complexity index is 1260. The van der Waals surface area contributed by atoms with Crippen molar-refractivity contribution in [3.8, 4) is 11.5 Å². The summed E-state index contributed by atoms with van der Waals surface area (Å²) in [7, 11) is 0. The first-order valence-electron chi connectivity index (χ1n) is 12.6. The maximum atomic E-state index is 13.4. The second-order valence-corrected chi connectivity index (χ2v) is 9.84. The third-order valence-corrected chi connectivity index (χ3v) is 7.42. The topological polar surface area (TPSA) is 67.9 Å². The van der Waals surface area contributed by atoms with Gasteiger partial charge in [0.2, 0.25) is 5.91 Å². The minimum atomic E-state index is -0.207. The van der Waals surface area contributed by atoms with Gasteiger partial charge in [0, 0.05) is 18.7 Å². The van der Waals surface area contributed by atoms with Gasteiger partial charge < -0.3 is 19.7 Å². The molecule has 2 unspecified atom stereocenters. The molecule has 35 heavy (non-hydrogen) atoms. The molecule has 0 bridgehead atoms. The van der Waals surface area contributed by atoms with E-state index in [0.717, 1.165) is 53.5 Å². The van der Waals surface area contributed by atoms with Crippen LogP contribution in [0.5, 0.6) is 11.5 Å². The molecular weight excluding hydrogens is 440 g/mol. The van der Waals surface area contributed by atoms with Gasteiger partial charge in [-0.05, 0) is 66.1 Å². The lowest BCUT2D eigenvalue weighted by atomic mass is 9.94. The van der Waals surface area contributed by atoms with E-state index in [1.807, 2.05) is 65.6 Å². The van der Waals surface area contributed by atoms with Crippen LogP contribution in [0.2, 0.25) is 0 Å². The maximum Gasteiger partial charge on any atom is 0.254 e. The number of likely N-dealkylation sites (tertiary alicyclic amines) is 1. The number of amides is 2. The van der Waals surface area contributed by atoms with Crippen LogP contribution in [-0.2, 0) is 4.79 Å². The van der Waals surface area contributed by atoms with E-state index in [-0.39, 0.29) is 23.8 Å². The van der Waals surface area contributed by atoms with E-state index < -0.39 is 0 Å². The minimum Gasteiger partial charge on any atom is -0.486 e. The third-order valence-electron chi connectivity index (χ3n) is 7.42. The van der Waals surface area contributed by atoms with Gasteiger partial charge in [-0.25, -0.2) is 0 Å². The maximum absolute atomic E-state index is 13.4. The molecule has 3 aromatic rings. The summed E-state index contributed by atoms with van der Waals surface area (Å²) in [5.41, 5.74) is 1.76. The summed E-state index contributed by atoms with van der Waals surface area (Å²) in [4.78, 5) is 28.7. The summed E-state index contributed by atoms with van der Waals surface area (Å²) in [6.07, 6.45) is 3.84. The lowest BCUT2D eigenvalue weighted by Gasteiger charge is -2.33. The summed E-state index contributed by atoms with van der Waals surface area (Å²) in [5.74, 6) is 1.78. The van der Waals surface area contributed by atoms with Crippen LogP contribution in [0.1, 0.15) is 47.6 Å². The molecule has 0 spiro atoms. The van der Waals surface area contributed by atoms with Crippen molar-refractivity contribution in [2.75, 3.05) is 26.3 Å². The van der Waals surface area contributed by atoms with Crippen LogP contribution in [-0.4, -0.2) is 43.0 Å².